The molecule has 1 saturated heterocycles. The van der Waals surface area contributed by atoms with Gasteiger partial charge >= 0.3 is 0 Å². The van der Waals surface area contributed by atoms with Crippen LogP contribution in [0.1, 0.15) is 36.5 Å². The lowest BCUT2D eigenvalue weighted by Gasteiger charge is -2.29. The van der Waals surface area contributed by atoms with Gasteiger partial charge in [-0.15, -0.1) is 12.6 Å². The van der Waals surface area contributed by atoms with Crippen LogP contribution in [0.4, 0.5) is 0 Å². The maximum absolute atomic E-state index is 12.2. The number of nitrogens with zero attached hydrogens (tertiary/aromatic N) is 1. The second-order valence-corrected chi connectivity index (χ2v) is 5.64. The smallest absolute Gasteiger partial charge is 0.251 e. The molecule has 0 spiro atoms. The Bertz CT molecular complexity index is 481. The van der Waals surface area contributed by atoms with Crippen molar-refractivity contribution in [3.05, 3.63) is 29.8 Å². The zero-order chi connectivity index (χ0) is 14.5. The molecule has 1 aliphatic rings. The lowest BCUT2D eigenvalue weighted by molar-refractivity contribution is -0.133. The number of nitrogens with one attached hydrogen (secondary N) is 1. The zero-order valence-electron chi connectivity index (χ0n) is 11.6. The van der Waals surface area contributed by atoms with Crippen molar-refractivity contribution < 1.29 is 9.59 Å². The second kappa shape index (κ2) is 6.79. The van der Waals surface area contributed by atoms with Crippen molar-refractivity contribution in [3.8, 4) is 0 Å². The number of carbonyl (C=O) groups is 2. The predicted octanol–water partition coefficient (Wildman–Crippen LogP) is 2.11. The molecule has 2 rings (SSSR count). The van der Waals surface area contributed by atoms with Gasteiger partial charge in [0.2, 0.25) is 5.91 Å². The van der Waals surface area contributed by atoms with E-state index in [2.05, 4.69) is 17.9 Å². The minimum Gasteiger partial charge on any atom is -0.341 e. The van der Waals surface area contributed by atoms with Crippen molar-refractivity contribution >= 4 is 24.4 Å². The summed E-state index contributed by atoms with van der Waals surface area (Å²) in [5, 5.41) is 2.76. The largest absolute Gasteiger partial charge is 0.341 e. The summed E-state index contributed by atoms with van der Waals surface area (Å²) in [4.78, 5) is 26.9. The highest BCUT2D eigenvalue weighted by atomic mass is 32.1. The highest BCUT2D eigenvalue weighted by Gasteiger charge is 2.23. The highest BCUT2D eigenvalue weighted by molar-refractivity contribution is 7.80. The molecule has 2 amide bonds. The topological polar surface area (TPSA) is 49.4 Å². The van der Waals surface area contributed by atoms with E-state index in [4.69, 9.17) is 0 Å². The highest BCUT2D eigenvalue weighted by Crippen LogP contribution is 2.11. The summed E-state index contributed by atoms with van der Waals surface area (Å²) in [5.74, 6) is -0.222. The molecule has 4 nitrogen and oxygen atoms in total. The van der Waals surface area contributed by atoms with Gasteiger partial charge in [-0.3, -0.25) is 9.59 Å². The Balaban J connectivity index is 1.92. The number of benzene rings is 1. The van der Waals surface area contributed by atoms with Gasteiger partial charge in [0.25, 0.3) is 5.91 Å². The lowest BCUT2D eigenvalue weighted by atomic mass is 10.1. The molecule has 1 aromatic rings. The molecule has 1 heterocycles. The summed E-state index contributed by atoms with van der Waals surface area (Å²) in [7, 11) is 0. The molecule has 1 atom stereocenters. The second-order valence-electron chi connectivity index (χ2n) is 5.13. The number of piperidine rings is 1. The first-order chi connectivity index (χ1) is 9.58. The molecule has 108 valence electrons. The third-order valence-electron chi connectivity index (χ3n) is 3.52. The van der Waals surface area contributed by atoms with E-state index in [1.54, 1.807) is 31.2 Å². The van der Waals surface area contributed by atoms with Crippen LogP contribution in [0.25, 0.3) is 0 Å². The summed E-state index contributed by atoms with van der Waals surface area (Å²) in [6.07, 6.45) is 3.28. The molecule has 20 heavy (non-hydrogen) atoms. The first-order valence-electron chi connectivity index (χ1n) is 6.96. The van der Waals surface area contributed by atoms with Crippen molar-refractivity contribution in [3.63, 3.8) is 0 Å². The van der Waals surface area contributed by atoms with Crippen LogP contribution >= 0.6 is 12.6 Å². The molecular weight excluding hydrogens is 272 g/mol. The van der Waals surface area contributed by atoms with Gasteiger partial charge in [-0.1, -0.05) is 0 Å². The van der Waals surface area contributed by atoms with Crippen LogP contribution in [-0.2, 0) is 4.79 Å². The molecule has 0 saturated carbocycles. The number of likely N-dealkylation sites (tertiary alicyclic amines) is 1. The Labute approximate surface area is 124 Å². The normalized spacial score (nSPS) is 16.6. The van der Waals surface area contributed by atoms with Gasteiger partial charge in [0, 0.05) is 23.5 Å². The first kappa shape index (κ1) is 14.9. The van der Waals surface area contributed by atoms with Crippen LogP contribution in [0.3, 0.4) is 0 Å². The van der Waals surface area contributed by atoms with Crippen molar-refractivity contribution in [2.24, 2.45) is 0 Å². The first-order valence-corrected chi connectivity index (χ1v) is 7.41. The van der Waals surface area contributed by atoms with Gasteiger partial charge in [-0.25, -0.2) is 0 Å². The fourth-order valence-electron chi connectivity index (χ4n) is 2.34. The Morgan fingerprint density at radius 2 is 1.75 bits per heavy atom. The number of hydrogen-bond donors (Lipinski definition) is 2. The van der Waals surface area contributed by atoms with E-state index in [-0.39, 0.29) is 11.8 Å². The number of thiol groups is 1. The Hall–Kier alpha value is -1.49. The molecule has 5 heteroatoms. The predicted molar refractivity (Wildman–Crippen MR) is 81.1 cm³/mol. The van der Waals surface area contributed by atoms with E-state index >= 15 is 0 Å². The molecule has 1 aliphatic heterocycles. The maximum atomic E-state index is 12.2. The molecule has 1 aromatic carbocycles. The summed E-state index contributed by atoms with van der Waals surface area (Å²) < 4.78 is 0. The van der Waals surface area contributed by atoms with Gasteiger partial charge in [-0.2, -0.15) is 0 Å². The monoisotopic (exact) mass is 292 g/mol. The summed E-state index contributed by atoms with van der Waals surface area (Å²) in [6, 6.07) is 6.44. The Kier molecular flexibility index (Phi) is 5.06. The quantitative estimate of drug-likeness (QED) is 0.838. The molecule has 0 radical (unpaired) electrons. The zero-order valence-corrected chi connectivity index (χ0v) is 12.5. The number of carbonyl (C=O) groups excluding carboxylic acids is 2. The third-order valence-corrected chi connectivity index (χ3v) is 3.81. The average molecular weight is 292 g/mol. The van der Waals surface area contributed by atoms with E-state index in [1.165, 1.54) is 6.42 Å². The molecule has 1 unspecified atom stereocenters. The standard InChI is InChI=1S/C15H20N2O2S/c1-11(15(19)17-9-3-2-4-10-17)16-14(18)12-5-7-13(20)8-6-12/h5-8,11,20H,2-4,9-10H2,1H3,(H,16,18). The molecule has 1 N–H and O–H groups in total. The SMILES string of the molecule is CC(NC(=O)c1ccc(S)cc1)C(=O)N1CCCCC1. The van der Waals surface area contributed by atoms with Gasteiger partial charge in [0.05, 0.1) is 0 Å². The number of rotatable bonds is 3. The molecule has 0 bridgehead atoms. The van der Waals surface area contributed by atoms with Crippen molar-refractivity contribution in [2.45, 2.75) is 37.1 Å². The van der Waals surface area contributed by atoms with Crippen molar-refractivity contribution in [1.29, 1.82) is 0 Å². The van der Waals surface area contributed by atoms with E-state index in [0.29, 0.717) is 5.56 Å². The van der Waals surface area contributed by atoms with E-state index in [1.807, 2.05) is 4.90 Å². The van der Waals surface area contributed by atoms with Crippen LogP contribution < -0.4 is 5.32 Å². The Morgan fingerprint density at radius 1 is 1.15 bits per heavy atom. The molecule has 0 aromatic heterocycles. The minimum absolute atomic E-state index is 0.00358. The Morgan fingerprint density at radius 3 is 2.35 bits per heavy atom. The summed E-state index contributed by atoms with van der Waals surface area (Å²) in [5.41, 5.74) is 0.543. The minimum atomic E-state index is -0.490. The van der Waals surface area contributed by atoms with Crippen LogP contribution in [0.2, 0.25) is 0 Å². The summed E-state index contributed by atoms with van der Waals surface area (Å²) in [6.45, 7) is 3.34. The van der Waals surface area contributed by atoms with Crippen molar-refractivity contribution in [1.82, 2.24) is 10.2 Å². The van der Waals surface area contributed by atoms with E-state index < -0.39 is 6.04 Å². The fourth-order valence-corrected chi connectivity index (χ4v) is 2.49. The summed E-state index contributed by atoms with van der Waals surface area (Å²) >= 11 is 4.18. The number of hydrogen-bond acceptors (Lipinski definition) is 3. The van der Waals surface area contributed by atoms with Crippen LogP contribution in [-0.4, -0.2) is 35.8 Å². The van der Waals surface area contributed by atoms with E-state index in [9.17, 15) is 9.59 Å². The molecular formula is C15H20N2O2S. The van der Waals surface area contributed by atoms with Crippen molar-refractivity contribution in [2.75, 3.05) is 13.1 Å². The average Bonchev–Trinajstić information content (AvgIpc) is 2.48. The number of amides is 2. The fraction of sp³-hybridized carbons (Fsp3) is 0.467. The van der Waals surface area contributed by atoms with Gasteiger partial charge in [-0.05, 0) is 50.5 Å². The third kappa shape index (κ3) is 3.76. The molecule has 0 aliphatic carbocycles. The van der Waals surface area contributed by atoms with E-state index in [0.717, 1.165) is 30.8 Å². The van der Waals surface area contributed by atoms with Gasteiger partial charge in [0.1, 0.15) is 6.04 Å². The molecule has 1 fully saturated rings. The van der Waals surface area contributed by atoms with Crippen LogP contribution in [0.5, 0.6) is 0 Å². The van der Waals surface area contributed by atoms with Crippen LogP contribution in [0, 0.1) is 0 Å². The van der Waals surface area contributed by atoms with Gasteiger partial charge in [0.15, 0.2) is 0 Å². The maximum Gasteiger partial charge on any atom is 0.251 e. The van der Waals surface area contributed by atoms with Gasteiger partial charge < -0.3 is 10.2 Å². The lowest BCUT2D eigenvalue weighted by Crippen LogP contribution is -2.48. The van der Waals surface area contributed by atoms with Crippen LogP contribution in [0.15, 0.2) is 29.2 Å².